The number of rotatable bonds is 9. The van der Waals surface area contributed by atoms with E-state index in [0.29, 0.717) is 0 Å². The van der Waals surface area contributed by atoms with Gasteiger partial charge >= 0.3 is 0 Å². The molecule has 2 heteroatoms. The molecule has 0 saturated heterocycles. The maximum absolute atomic E-state index is 3.65. The van der Waals surface area contributed by atoms with E-state index < -0.39 is 0 Å². The van der Waals surface area contributed by atoms with Gasteiger partial charge in [-0.3, -0.25) is 4.90 Å². The molecule has 0 aromatic heterocycles. The van der Waals surface area contributed by atoms with Gasteiger partial charge < -0.3 is 5.32 Å². The summed E-state index contributed by atoms with van der Waals surface area (Å²) in [6, 6.07) is 9.78. The molecule has 1 N–H and O–H groups in total. The van der Waals surface area contributed by atoms with Crippen LogP contribution in [-0.4, -0.2) is 24.0 Å². The molecule has 0 unspecified atom stereocenters. The van der Waals surface area contributed by atoms with Gasteiger partial charge in [0.2, 0.25) is 0 Å². The summed E-state index contributed by atoms with van der Waals surface area (Å²) >= 11 is 0. The van der Waals surface area contributed by atoms with Crippen molar-refractivity contribution in [2.45, 2.75) is 58.2 Å². The summed E-state index contributed by atoms with van der Waals surface area (Å²) in [7, 11) is 0. The third-order valence-electron chi connectivity index (χ3n) is 4.42. The molecule has 1 aromatic carbocycles. The molecule has 0 bridgehead atoms. The lowest BCUT2D eigenvalue weighted by Crippen LogP contribution is -2.27. The predicted octanol–water partition coefficient (Wildman–Crippen LogP) is 3.56. The quantitative estimate of drug-likeness (QED) is 0.739. The van der Waals surface area contributed by atoms with Crippen molar-refractivity contribution in [2.24, 2.45) is 5.92 Å². The molecule has 0 radical (unpaired) electrons. The number of benzene rings is 1. The van der Waals surface area contributed by atoms with Crippen LogP contribution < -0.4 is 5.32 Å². The molecule has 2 nitrogen and oxygen atoms in total. The third-order valence-corrected chi connectivity index (χ3v) is 4.42. The van der Waals surface area contributed by atoms with Crippen LogP contribution in [0.1, 0.15) is 50.2 Å². The molecule has 0 atom stereocenters. The van der Waals surface area contributed by atoms with Crippen LogP contribution >= 0.6 is 0 Å². The summed E-state index contributed by atoms with van der Waals surface area (Å²) in [4.78, 5) is 2.66. The Morgan fingerprint density at radius 3 is 2.50 bits per heavy atom. The molecular formula is C18H28N2. The minimum Gasteiger partial charge on any atom is -0.310 e. The van der Waals surface area contributed by atoms with Crippen molar-refractivity contribution in [3.63, 3.8) is 0 Å². The van der Waals surface area contributed by atoms with E-state index in [1.54, 1.807) is 0 Å². The van der Waals surface area contributed by atoms with Gasteiger partial charge in [-0.25, -0.2) is 0 Å². The fourth-order valence-electron chi connectivity index (χ4n) is 2.88. The van der Waals surface area contributed by atoms with Gasteiger partial charge in [-0.2, -0.15) is 0 Å². The smallest absolute Gasteiger partial charge is 0.0237 e. The van der Waals surface area contributed by atoms with Crippen LogP contribution in [0.4, 0.5) is 0 Å². The lowest BCUT2D eigenvalue weighted by atomic mass is 10.1. The fourth-order valence-corrected chi connectivity index (χ4v) is 2.88. The van der Waals surface area contributed by atoms with Gasteiger partial charge in [-0.15, -0.1) is 0 Å². The first-order valence-electron chi connectivity index (χ1n) is 8.37. The minimum absolute atomic E-state index is 0.793. The van der Waals surface area contributed by atoms with Gasteiger partial charge in [0, 0.05) is 25.7 Å². The molecule has 3 rings (SSSR count). The minimum atomic E-state index is 0.793. The maximum Gasteiger partial charge on any atom is 0.0237 e. The van der Waals surface area contributed by atoms with Crippen molar-refractivity contribution in [1.29, 1.82) is 0 Å². The Bertz CT molecular complexity index is 421. The predicted molar refractivity (Wildman–Crippen MR) is 84.6 cm³/mol. The summed E-state index contributed by atoms with van der Waals surface area (Å²) in [5.41, 5.74) is 3.02. The van der Waals surface area contributed by atoms with E-state index in [1.165, 1.54) is 56.3 Å². The fraction of sp³-hybridized carbons (Fsp3) is 0.667. The van der Waals surface area contributed by atoms with Crippen LogP contribution in [0, 0.1) is 5.92 Å². The SMILES string of the molecule is CCCN(Cc1ccccc1CNC1CC1)CC1CC1. The number of hydrogen-bond acceptors (Lipinski definition) is 2. The zero-order chi connectivity index (χ0) is 13.8. The van der Waals surface area contributed by atoms with E-state index in [4.69, 9.17) is 0 Å². The van der Waals surface area contributed by atoms with Crippen LogP contribution in [-0.2, 0) is 13.1 Å². The zero-order valence-corrected chi connectivity index (χ0v) is 12.8. The van der Waals surface area contributed by atoms with E-state index >= 15 is 0 Å². The van der Waals surface area contributed by atoms with E-state index in [0.717, 1.165) is 25.0 Å². The maximum atomic E-state index is 3.65. The first kappa shape index (κ1) is 14.1. The molecule has 2 saturated carbocycles. The Morgan fingerprint density at radius 1 is 1.10 bits per heavy atom. The van der Waals surface area contributed by atoms with E-state index in [9.17, 15) is 0 Å². The lowest BCUT2D eigenvalue weighted by molar-refractivity contribution is 0.254. The third kappa shape index (κ3) is 4.32. The molecule has 0 heterocycles. The van der Waals surface area contributed by atoms with E-state index in [2.05, 4.69) is 41.4 Å². The molecule has 1 aromatic rings. The van der Waals surface area contributed by atoms with Gasteiger partial charge in [0.15, 0.2) is 0 Å². The first-order chi connectivity index (χ1) is 9.85. The van der Waals surface area contributed by atoms with Crippen LogP contribution in [0.3, 0.4) is 0 Å². The molecule has 2 aliphatic carbocycles. The second kappa shape index (κ2) is 6.73. The summed E-state index contributed by atoms with van der Waals surface area (Å²) in [5.74, 6) is 0.985. The summed E-state index contributed by atoms with van der Waals surface area (Å²) < 4.78 is 0. The highest BCUT2D eigenvalue weighted by atomic mass is 15.1. The Labute approximate surface area is 123 Å². The molecular weight excluding hydrogens is 244 g/mol. The highest BCUT2D eigenvalue weighted by Crippen LogP contribution is 2.30. The van der Waals surface area contributed by atoms with Crippen LogP contribution in [0.2, 0.25) is 0 Å². The molecule has 110 valence electrons. The standard InChI is InChI=1S/C18H28N2/c1-2-11-20(13-15-7-8-15)14-17-6-4-3-5-16(17)12-19-18-9-10-18/h3-6,15,18-19H,2,7-14H2,1H3. The number of nitrogens with one attached hydrogen (secondary N) is 1. The van der Waals surface area contributed by atoms with Gasteiger partial charge in [0.1, 0.15) is 0 Å². The number of nitrogens with zero attached hydrogens (tertiary/aromatic N) is 1. The molecule has 0 aliphatic heterocycles. The summed E-state index contributed by atoms with van der Waals surface area (Å²) in [6.07, 6.45) is 6.89. The van der Waals surface area contributed by atoms with Gasteiger partial charge in [0.05, 0.1) is 0 Å². The molecule has 2 aliphatic rings. The Hall–Kier alpha value is -0.860. The van der Waals surface area contributed by atoms with Crippen molar-refractivity contribution in [1.82, 2.24) is 10.2 Å². The van der Waals surface area contributed by atoms with Gasteiger partial charge in [-0.05, 0) is 55.7 Å². The largest absolute Gasteiger partial charge is 0.310 e. The topological polar surface area (TPSA) is 15.3 Å². The second-order valence-corrected chi connectivity index (χ2v) is 6.60. The number of hydrogen-bond donors (Lipinski definition) is 1. The summed E-state index contributed by atoms with van der Waals surface area (Å²) in [6.45, 7) is 7.01. The second-order valence-electron chi connectivity index (χ2n) is 6.60. The van der Waals surface area contributed by atoms with Crippen molar-refractivity contribution in [3.05, 3.63) is 35.4 Å². The Morgan fingerprint density at radius 2 is 1.85 bits per heavy atom. The molecule has 0 amide bonds. The van der Waals surface area contributed by atoms with Crippen molar-refractivity contribution in [2.75, 3.05) is 13.1 Å². The lowest BCUT2D eigenvalue weighted by Gasteiger charge is -2.23. The highest BCUT2D eigenvalue weighted by molar-refractivity contribution is 5.27. The summed E-state index contributed by atoms with van der Waals surface area (Å²) in [5, 5.41) is 3.65. The van der Waals surface area contributed by atoms with E-state index in [1.807, 2.05) is 0 Å². The van der Waals surface area contributed by atoms with E-state index in [-0.39, 0.29) is 0 Å². The van der Waals surface area contributed by atoms with Gasteiger partial charge in [0.25, 0.3) is 0 Å². The zero-order valence-electron chi connectivity index (χ0n) is 12.8. The molecule has 2 fully saturated rings. The van der Waals surface area contributed by atoms with Crippen molar-refractivity contribution >= 4 is 0 Å². The van der Waals surface area contributed by atoms with Crippen molar-refractivity contribution < 1.29 is 0 Å². The first-order valence-corrected chi connectivity index (χ1v) is 8.37. The van der Waals surface area contributed by atoms with Crippen LogP contribution in [0.5, 0.6) is 0 Å². The average Bonchev–Trinajstić information content (AvgIpc) is 3.33. The normalized spacial score (nSPS) is 18.7. The van der Waals surface area contributed by atoms with Crippen LogP contribution in [0.15, 0.2) is 24.3 Å². The Kier molecular flexibility index (Phi) is 4.74. The van der Waals surface area contributed by atoms with Crippen LogP contribution in [0.25, 0.3) is 0 Å². The Balaban J connectivity index is 1.60. The van der Waals surface area contributed by atoms with Gasteiger partial charge in [-0.1, -0.05) is 31.2 Å². The molecule has 0 spiro atoms. The monoisotopic (exact) mass is 272 g/mol. The molecule has 20 heavy (non-hydrogen) atoms. The van der Waals surface area contributed by atoms with Crippen molar-refractivity contribution in [3.8, 4) is 0 Å². The highest BCUT2D eigenvalue weighted by Gasteiger charge is 2.24. The average molecular weight is 272 g/mol.